The second-order valence-corrected chi connectivity index (χ2v) is 9.58. The van der Waals surface area contributed by atoms with Crippen molar-refractivity contribution in [1.29, 1.82) is 0 Å². The minimum absolute atomic E-state index is 0.140. The number of hydrogen-bond acceptors (Lipinski definition) is 7. The van der Waals surface area contributed by atoms with E-state index >= 15 is 0 Å². The van der Waals surface area contributed by atoms with Crippen LogP contribution in [-0.2, 0) is 6.54 Å². The number of thiol groups is 1. The van der Waals surface area contributed by atoms with Gasteiger partial charge in [-0.15, -0.1) is 0 Å². The van der Waals surface area contributed by atoms with Crippen LogP contribution in [0.3, 0.4) is 0 Å². The third kappa shape index (κ3) is 14.3. The van der Waals surface area contributed by atoms with Crippen molar-refractivity contribution in [2.45, 2.75) is 81.7 Å². The zero-order valence-electron chi connectivity index (χ0n) is 30.2. The van der Waals surface area contributed by atoms with E-state index in [-0.39, 0.29) is 5.56 Å². The normalized spacial score (nSPS) is 12.1. The van der Waals surface area contributed by atoms with Gasteiger partial charge in [-0.1, -0.05) is 97.4 Å². The topological polar surface area (TPSA) is 73.1 Å². The first kappa shape index (κ1) is 42.5. The molecule has 7 nitrogen and oxygen atoms in total. The lowest BCUT2D eigenvalue weighted by Gasteiger charge is -2.28. The van der Waals surface area contributed by atoms with Crippen LogP contribution in [0.2, 0.25) is 0 Å². The molecule has 2 aromatic carbocycles. The summed E-state index contributed by atoms with van der Waals surface area (Å²) in [4.78, 5) is 23.9. The predicted octanol–water partition coefficient (Wildman–Crippen LogP) is 9.10. The number of benzene rings is 2. The molecule has 0 spiro atoms. The van der Waals surface area contributed by atoms with Gasteiger partial charge < -0.3 is 9.64 Å². The third-order valence-corrected chi connectivity index (χ3v) is 6.65. The van der Waals surface area contributed by atoms with E-state index in [4.69, 9.17) is 4.74 Å². The summed E-state index contributed by atoms with van der Waals surface area (Å²) in [5.41, 5.74) is 4.61. The first-order valence-corrected chi connectivity index (χ1v) is 17.8. The molecule has 8 heteroatoms. The van der Waals surface area contributed by atoms with Crippen molar-refractivity contribution < 1.29 is 4.74 Å². The highest BCUT2D eigenvalue weighted by molar-refractivity contribution is 7.79. The lowest BCUT2D eigenvalue weighted by atomic mass is 9.98. The number of rotatable bonds is 7. The summed E-state index contributed by atoms with van der Waals surface area (Å²) in [7, 11) is 2.16. The minimum Gasteiger partial charge on any atom is -0.490 e. The molecule has 1 saturated heterocycles. The highest BCUT2D eigenvalue weighted by Gasteiger charge is 2.17. The molecule has 1 aliphatic rings. The van der Waals surface area contributed by atoms with Crippen LogP contribution in [0.1, 0.15) is 79.4 Å². The predicted molar refractivity (Wildman–Crippen MR) is 201 cm³/mol. The molecule has 0 unspecified atom stereocenters. The number of piperidine rings is 1. The summed E-state index contributed by atoms with van der Waals surface area (Å²) in [6.07, 6.45) is 7.49. The summed E-state index contributed by atoms with van der Waals surface area (Å²) in [5.74, 6) is 1.90. The standard InChI is InChI=1S/C29H31N5O2.4C2H6.CH4S/c1-21-5-3-7-24(15-21)27-9-10-28(35)34(32-27)19-23-6-4-8-25(16-23)29-30-17-26(18-31-29)36-20-22-11-13-33(2)14-12-22;5*1-2/h3-10,15-18,22H,11-14,19-20H2,1-2H3;4*1-2H3;2H,1H3. The van der Waals surface area contributed by atoms with Crippen LogP contribution in [0.4, 0.5) is 0 Å². The Hall–Kier alpha value is -3.49. The molecule has 1 aliphatic heterocycles. The van der Waals surface area contributed by atoms with Crippen LogP contribution < -0.4 is 10.3 Å². The largest absolute Gasteiger partial charge is 0.490 e. The van der Waals surface area contributed by atoms with Crippen molar-refractivity contribution in [3.05, 3.63) is 94.5 Å². The Kier molecular flexibility index (Phi) is 23.7. The number of aryl methyl sites for hydroxylation is 1. The van der Waals surface area contributed by atoms with E-state index < -0.39 is 0 Å². The lowest BCUT2D eigenvalue weighted by molar-refractivity contribution is 0.159. The third-order valence-electron chi connectivity index (χ3n) is 6.65. The highest BCUT2D eigenvalue weighted by Crippen LogP contribution is 2.21. The maximum absolute atomic E-state index is 12.5. The van der Waals surface area contributed by atoms with Crippen molar-refractivity contribution in [1.82, 2.24) is 24.6 Å². The molecule has 46 heavy (non-hydrogen) atoms. The maximum atomic E-state index is 12.5. The zero-order valence-corrected chi connectivity index (χ0v) is 31.1. The van der Waals surface area contributed by atoms with Gasteiger partial charge in [-0.25, -0.2) is 14.6 Å². The molecule has 3 heterocycles. The minimum atomic E-state index is -0.140. The molecule has 2 aromatic heterocycles. The van der Waals surface area contributed by atoms with Crippen LogP contribution in [-0.4, -0.2) is 57.6 Å². The van der Waals surface area contributed by atoms with Gasteiger partial charge in [-0.05, 0) is 75.8 Å². The zero-order chi connectivity index (χ0) is 34.9. The van der Waals surface area contributed by atoms with Crippen LogP contribution in [0.5, 0.6) is 5.75 Å². The van der Waals surface area contributed by atoms with E-state index in [2.05, 4.69) is 45.7 Å². The van der Waals surface area contributed by atoms with Crippen molar-refractivity contribution in [2.24, 2.45) is 5.92 Å². The van der Waals surface area contributed by atoms with Crippen molar-refractivity contribution >= 4 is 12.6 Å². The molecule has 0 amide bonds. The van der Waals surface area contributed by atoms with E-state index in [1.807, 2.05) is 105 Å². The fourth-order valence-electron chi connectivity index (χ4n) is 4.48. The Morgan fingerprint density at radius 1 is 0.804 bits per heavy atom. The first-order valence-electron chi connectivity index (χ1n) is 16.9. The fraction of sp³-hybridized carbons (Fsp3) is 0.474. The van der Waals surface area contributed by atoms with Gasteiger partial charge >= 0.3 is 0 Å². The Balaban J connectivity index is 0.00000185. The Bertz CT molecular complexity index is 1380. The fourth-order valence-corrected chi connectivity index (χ4v) is 4.48. The average Bonchev–Trinajstić information content (AvgIpc) is 3.13. The Morgan fingerprint density at radius 2 is 1.39 bits per heavy atom. The molecular weight excluding hydrogens is 591 g/mol. The van der Waals surface area contributed by atoms with Crippen LogP contribution in [0.25, 0.3) is 22.6 Å². The molecule has 0 bridgehead atoms. The van der Waals surface area contributed by atoms with E-state index in [1.54, 1.807) is 30.8 Å². The molecule has 4 aromatic rings. The van der Waals surface area contributed by atoms with Gasteiger partial charge in [-0.2, -0.15) is 17.7 Å². The van der Waals surface area contributed by atoms with Crippen LogP contribution >= 0.6 is 12.6 Å². The van der Waals surface area contributed by atoms with Crippen molar-refractivity contribution in [2.75, 3.05) is 33.0 Å². The molecule has 0 saturated carbocycles. The maximum Gasteiger partial charge on any atom is 0.267 e. The summed E-state index contributed by atoms with van der Waals surface area (Å²) < 4.78 is 7.45. The van der Waals surface area contributed by atoms with Gasteiger partial charge in [0.25, 0.3) is 5.56 Å². The quantitative estimate of drug-likeness (QED) is 0.201. The van der Waals surface area contributed by atoms with E-state index in [0.29, 0.717) is 30.6 Å². The van der Waals surface area contributed by atoms with Crippen LogP contribution in [0, 0.1) is 12.8 Å². The number of likely N-dealkylation sites (tertiary alicyclic amines) is 1. The number of nitrogens with zero attached hydrogens (tertiary/aromatic N) is 5. The molecular formula is C38H59N5O2S. The van der Waals surface area contributed by atoms with Crippen molar-refractivity contribution in [3.8, 4) is 28.4 Å². The Morgan fingerprint density at radius 3 is 2.00 bits per heavy atom. The Labute approximate surface area is 284 Å². The van der Waals surface area contributed by atoms with Gasteiger partial charge in [0.2, 0.25) is 0 Å². The molecule has 0 radical (unpaired) electrons. The smallest absolute Gasteiger partial charge is 0.267 e. The molecule has 0 aliphatic carbocycles. The number of hydrogen-bond donors (Lipinski definition) is 1. The summed E-state index contributed by atoms with van der Waals surface area (Å²) >= 11 is 3.53. The monoisotopic (exact) mass is 649 g/mol. The average molecular weight is 650 g/mol. The highest BCUT2D eigenvalue weighted by atomic mass is 32.1. The van der Waals surface area contributed by atoms with Gasteiger partial charge in [-0.3, -0.25) is 4.79 Å². The summed E-state index contributed by atoms with van der Waals surface area (Å²) in [5, 5.41) is 4.61. The number of ether oxygens (including phenoxy) is 1. The molecule has 0 N–H and O–H groups in total. The summed E-state index contributed by atoms with van der Waals surface area (Å²) in [6, 6.07) is 19.4. The van der Waals surface area contributed by atoms with Crippen molar-refractivity contribution in [3.63, 3.8) is 0 Å². The van der Waals surface area contributed by atoms with Gasteiger partial charge in [0.05, 0.1) is 31.2 Å². The SMILES string of the molecule is CC.CC.CC.CC.CS.Cc1cccc(-c2ccc(=O)n(Cc3cccc(-c4ncc(OCC5CCN(C)CC5)cn4)c3)n2)c1. The molecule has 254 valence electrons. The lowest BCUT2D eigenvalue weighted by Crippen LogP contribution is -2.32. The van der Waals surface area contributed by atoms with Crippen LogP contribution in [0.15, 0.2) is 77.9 Å². The molecule has 0 atom stereocenters. The second-order valence-electron chi connectivity index (χ2n) is 9.58. The first-order chi connectivity index (χ1) is 22.5. The molecule has 5 rings (SSSR count). The second kappa shape index (κ2) is 25.7. The molecule has 1 fully saturated rings. The van der Waals surface area contributed by atoms with E-state index in [1.165, 1.54) is 4.68 Å². The van der Waals surface area contributed by atoms with Gasteiger partial charge in [0, 0.05) is 17.2 Å². The van der Waals surface area contributed by atoms with Gasteiger partial charge in [0.15, 0.2) is 11.6 Å². The number of aromatic nitrogens is 4. The summed E-state index contributed by atoms with van der Waals surface area (Å²) in [6.45, 7) is 21.4. The van der Waals surface area contributed by atoms with Gasteiger partial charge in [0.1, 0.15) is 0 Å². The van der Waals surface area contributed by atoms with E-state index in [0.717, 1.165) is 53.9 Å². The van der Waals surface area contributed by atoms with E-state index in [9.17, 15) is 4.79 Å².